The molecule has 0 aliphatic carbocycles. The maximum absolute atomic E-state index is 13.3. The number of hydrogen-bond donors (Lipinski definition) is 1. The van der Waals surface area contributed by atoms with Crippen molar-refractivity contribution in [2.45, 2.75) is 13.0 Å². The number of fused-ring (bicyclic) bond motifs is 1. The number of rotatable bonds is 9. The van der Waals surface area contributed by atoms with Crippen molar-refractivity contribution >= 4 is 16.7 Å². The predicted octanol–water partition coefficient (Wildman–Crippen LogP) is 4.06. The number of hydrogen-bond acceptors (Lipinski definition) is 6. The second-order valence-corrected chi connectivity index (χ2v) is 8.12. The SMILES string of the molecule is CCOc1cc2ccccc2cc1C(=O)NC[C@H](c1ccc(OC)c(OC)c1)N1CCOCC1. The molecule has 1 N–H and O–H groups in total. The van der Waals surface area contributed by atoms with E-state index < -0.39 is 0 Å². The molecule has 3 aromatic carbocycles. The number of amides is 1. The van der Waals surface area contributed by atoms with Crippen molar-refractivity contribution in [2.24, 2.45) is 0 Å². The largest absolute Gasteiger partial charge is 0.493 e. The Bertz CT molecular complexity index is 1130. The van der Waals surface area contributed by atoms with Crippen LogP contribution >= 0.6 is 0 Å². The number of carbonyl (C=O) groups excluding carboxylic acids is 1. The summed E-state index contributed by atoms with van der Waals surface area (Å²) >= 11 is 0. The molecule has 0 radical (unpaired) electrons. The first-order valence-corrected chi connectivity index (χ1v) is 11.6. The van der Waals surface area contributed by atoms with Gasteiger partial charge in [-0.1, -0.05) is 30.3 Å². The summed E-state index contributed by atoms with van der Waals surface area (Å²) in [7, 11) is 3.25. The number of methoxy groups -OCH3 is 2. The summed E-state index contributed by atoms with van der Waals surface area (Å²) in [6.07, 6.45) is 0. The number of nitrogens with zero attached hydrogens (tertiary/aromatic N) is 1. The summed E-state index contributed by atoms with van der Waals surface area (Å²) in [5.74, 6) is 1.77. The first kappa shape index (κ1) is 23.9. The van der Waals surface area contributed by atoms with Crippen LogP contribution in [0.4, 0.5) is 0 Å². The van der Waals surface area contributed by atoms with E-state index in [0.717, 1.165) is 29.4 Å². The van der Waals surface area contributed by atoms with Crippen LogP contribution < -0.4 is 19.5 Å². The molecule has 4 rings (SSSR count). The van der Waals surface area contributed by atoms with Gasteiger partial charge in [0.15, 0.2) is 11.5 Å². The van der Waals surface area contributed by atoms with Crippen molar-refractivity contribution < 1.29 is 23.7 Å². The van der Waals surface area contributed by atoms with E-state index in [1.807, 2.05) is 61.5 Å². The summed E-state index contributed by atoms with van der Waals surface area (Å²) < 4.78 is 22.3. The molecule has 0 saturated carbocycles. The molecule has 0 unspecified atom stereocenters. The highest BCUT2D eigenvalue weighted by Crippen LogP contribution is 2.32. The number of benzene rings is 3. The van der Waals surface area contributed by atoms with Crippen molar-refractivity contribution in [1.82, 2.24) is 10.2 Å². The zero-order valence-corrected chi connectivity index (χ0v) is 20.0. The van der Waals surface area contributed by atoms with Crippen LogP contribution in [0.15, 0.2) is 54.6 Å². The second kappa shape index (κ2) is 11.2. The molecule has 0 aromatic heterocycles. The van der Waals surface area contributed by atoms with E-state index >= 15 is 0 Å². The molecule has 1 heterocycles. The maximum atomic E-state index is 13.3. The Morgan fingerprint density at radius 3 is 2.35 bits per heavy atom. The van der Waals surface area contributed by atoms with E-state index in [2.05, 4.69) is 10.2 Å². The van der Waals surface area contributed by atoms with Crippen molar-refractivity contribution in [1.29, 1.82) is 0 Å². The molecule has 0 bridgehead atoms. The summed E-state index contributed by atoms with van der Waals surface area (Å²) in [6.45, 7) is 5.74. The molecular weight excluding hydrogens is 432 g/mol. The minimum Gasteiger partial charge on any atom is -0.493 e. The zero-order valence-electron chi connectivity index (χ0n) is 20.0. The van der Waals surface area contributed by atoms with Crippen LogP contribution in [-0.2, 0) is 4.74 Å². The molecule has 7 heteroatoms. The first-order valence-electron chi connectivity index (χ1n) is 11.6. The first-order chi connectivity index (χ1) is 16.6. The van der Waals surface area contributed by atoms with Crippen molar-refractivity contribution in [3.05, 3.63) is 65.7 Å². The molecule has 7 nitrogen and oxygen atoms in total. The summed E-state index contributed by atoms with van der Waals surface area (Å²) in [5, 5.41) is 5.19. The van der Waals surface area contributed by atoms with E-state index in [4.69, 9.17) is 18.9 Å². The van der Waals surface area contributed by atoms with Gasteiger partial charge in [-0.05, 0) is 47.5 Å². The lowest BCUT2D eigenvalue weighted by atomic mass is 10.0. The molecule has 1 aliphatic heterocycles. The van der Waals surface area contributed by atoms with Crippen molar-refractivity contribution in [3.63, 3.8) is 0 Å². The van der Waals surface area contributed by atoms with E-state index in [1.54, 1.807) is 14.2 Å². The van der Waals surface area contributed by atoms with E-state index in [-0.39, 0.29) is 11.9 Å². The standard InChI is InChI=1S/C27H32N2O5/c1-4-34-25-16-20-8-6-5-7-19(20)15-22(25)27(30)28-18-23(29-11-13-33-14-12-29)21-9-10-24(31-2)26(17-21)32-3/h5-10,15-17,23H,4,11-14,18H2,1-3H3,(H,28,30)/t23-/m1/s1. The van der Waals surface area contributed by atoms with Crippen LogP contribution in [0.3, 0.4) is 0 Å². The molecule has 34 heavy (non-hydrogen) atoms. The fraction of sp³-hybridized carbons (Fsp3) is 0.370. The Hall–Kier alpha value is -3.29. The van der Waals surface area contributed by atoms with E-state index in [0.29, 0.717) is 49.2 Å². The van der Waals surface area contributed by atoms with Gasteiger partial charge in [-0.15, -0.1) is 0 Å². The molecule has 3 aromatic rings. The Kier molecular flexibility index (Phi) is 7.87. The summed E-state index contributed by atoms with van der Waals surface area (Å²) in [6, 6.07) is 17.7. The van der Waals surface area contributed by atoms with Crippen molar-refractivity contribution in [2.75, 3.05) is 53.7 Å². The Morgan fingerprint density at radius 1 is 0.971 bits per heavy atom. The lowest BCUT2D eigenvalue weighted by Gasteiger charge is -2.35. The highest BCUT2D eigenvalue weighted by molar-refractivity contribution is 6.01. The molecule has 1 aliphatic rings. The topological polar surface area (TPSA) is 69.3 Å². The average Bonchev–Trinajstić information content (AvgIpc) is 2.89. The third kappa shape index (κ3) is 5.26. The van der Waals surface area contributed by atoms with Gasteiger partial charge in [0.1, 0.15) is 5.75 Å². The van der Waals surface area contributed by atoms with Gasteiger partial charge in [-0.2, -0.15) is 0 Å². The van der Waals surface area contributed by atoms with Gasteiger partial charge in [0.05, 0.1) is 45.6 Å². The average molecular weight is 465 g/mol. The Balaban J connectivity index is 1.60. The summed E-state index contributed by atoms with van der Waals surface area (Å²) in [4.78, 5) is 15.7. The molecule has 1 atom stereocenters. The fourth-order valence-corrected chi connectivity index (χ4v) is 4.36. The molecule has 0 spiro atoms. The number of morpholine rings is 1. The minimum atomic E-state index is -0.159. The lowest BCUT2D eigenvalue weighted by molar-refractivity contribution is 0.0162. The number of nitrogens with one attached hydrogen (secondary N) is 1. The quantitative estimate of drug-likeness (QED) is 0.515. The highest BCUT2D eigenvalue weighted by Gasteiger charge is 2.25. The Labute approximate surface area is 200 Å². The van der Waals surface area contributed by atoms with Crippen molar-refractivity contribution in [3.8, 4) is 17.2 Å². The second-order valence-electron chi connectivity index (χ2n) is 8.12. The van der Waals surface area contributed by atoms with Gasteiger partial charge in [0.2, 0.25) is 0 Å². The monoisotopic (exact) mass is 464 g/mol. The van der Waals surface area contributed by atoms with Crippen LogP contribution in [0.25, 0.3) is 10.8 Å². The smallest absolute Gasteiger partial charge is 0.255 e. The van der Waals surface area contributed by atoms with Crippen LogP contribution in [0.2, 0.25) is 0 Å². The molecule has 1 fully saturated rings. The lowest BCUT2D eigenvalue weighted by Crippen LogP contribution is -2.43. The fourth-order valence-electron chi connectivity index (χ4n) is 4.36. The molecular formula is C27H32N2O5. The van der Waals surface area contributed by atoms with Crippen LogP contribution in [0.1, 0.15) is 28.9 Å². The molecule has 1 amide bonds. The van der Waals surface area contributed by atoms with Crippen LogP contribution in [-0.4, -0.2) is 64.5 Å². The third-order valence-corrected chi connectivity index (χ3v) is 6.13. The summed E-state index contributed by atoms with van der Waals surface area (Å²) in [5.41, 5.74) is 1.58. The molecule has 1 saturated heterocycles. The van der Waals surface area contributed by atoms with E-state index in [1.165, 1.54) is 0 Å². The van der Waals surface area contributed by atoms with Gasteiger partial charge >= 0.3 is 0 Å². The van der Waals surface area contributed by atoms with Gasteiger partial charge in [-0.3, -0.25) is 9.69 Å². The minimum absolute atomic E-state index is 0.0383. The highest BCUT2D eigenvalue weighted by atomic mass is 16.5. The van der Waals surface area contributed by atoms with Gasteiger partial charge in [-0.25, -0.2) is 0 Å². The normalized spacial score (nSPS) is 15.0. The zero-order chi connectivity index (χ0) is 23.9. The van der Waals surface area contributed by atoms with Gasteiger partial charge in [0.25, 0.3) is 5.91 Å². The predicted molar refractivity (Wildman–Crippen MR) is 132 cm³/mol. The molecule has 180 valence electrons. The third-order valence-electron chi connectivity index (χ3n) is 6.13. The van der Waals surface area contributed by atoms with Gasteiger partial charge in [0, 0.05) is 19.6 Å². The number of ether oxygens (including phenoxy) is 4. The Morgan fingerprint density at radius 2 is 1.68 bits per heavy atom. The van der Waals surface area contributed by atoms with Gasteiger partial charge < -0.3 is 24.3 Å². The maximum Gasteiger partial charge on any atom is 0.255 e. The van der Waals surface area contributed by atoms with Crippen LogP contribution in [0.5, 0.6) is 17.2 Å². The van der Waals surface area contributed by atoms with Crippen LogP contribution in [0, 0.1) is 0 Å². The number of carbonyl (C=O) groups is 1. The van der Waals surface area contributed by atoms with E-state index in [9.17, 15) is 4.79 Å².